The largest absolute Gasteiger partial charge is 0.466 e. The van der Waals surface area contributed by atoms with Crippen LogP contribution in [0.15, 0.2) is 72.9 Å². The minimum absolute atomic E-state index is 0.165. The highest BCUT2D eigenvalue weighted by molar-refractivity contribution is 5.69. The Balaban J connectivity index is 5.13. The average Bonchev–Trinajstić information content (AvgIpc) is 3.33. The lowest BCUT2D eigenvalue weighted by Crippen LogP contribution is -2.45. The van der Waals surface area contributed by atoms with Gasteiger partial charge in [0.05, 0.1) is 24.7 Å². The Morgan fingerprint density at radius 2 is 0.765 bits per heavy atom. The van der Waals surface area contributed by atoms with Crippen LogP contribution < -0.4 is 0 Å². The van der Waals surface area contributed by atoms with E-state index in [1.807, 2.05) is 19.0 Å². The first-order valence-corrected chi connectivity index (χ1v) is 29.4. The third kappa shape index (κ3) is 48.8. The van der Waals surface area contributed by atoms with E-state index in [0.29, 0.717) is 32.6 Å². The van der Waals surface area contributed by atoms with Gasteiger partial charge in [0, 0.05) is 19.6 Å². The molecule has 1 unspecified atom stereocenters. The molecule has 0 saturated heterocycles. The van der Waals surface area contributed by atoms with Gasteiger partial charge in [-0.1, -0.05) is 222 Å². The summed E-state index contributed by atoms with van der Waals surface area (Å²) in [6.07, 6.45) is 73.8. The molecule has 5 nitrogen and oxygen atoms in total. The van der Waals surface area contributed by atoms with Gasteiger partial charge < -0.3 is 19.5 Å². The van der Waals surface area contributed by atoms with Crippen molar-refractivity contribution in [3.8, 4) is 0 Å². The van der Waals surface area contributed by atoms with Crippen molar-refractivity contribution in [3.05, 3.63) is 72.9 Å². The van der Waals surface area contributed by atoms with Crippen LogP contribution in [-0.2, 0) is 14.3 Å². The second-order valence-electron chi connectivity index (χ2n) is 20.3. The molecule has 0 fully saturated rings. The molecule has 0 amide bonds. The van der Waals surface area contributed by atoms with E-state index in [1.54, 1.807) is 0 Å². The van der Waals surface area contributed by atoms with E-state index in [2.05, 4.69) is 93.7 Å². The zero-order chi connectivity index (χ0) is 49.5. The predicted molar refractivity (Wildman–Crippen MR) is 301 cm³/mol. The number of rotatable bonds is 53. The Morgan fingerprint density at radius 1 is 0.441 bits per heavy atom. The third-order valence-corrected chi connectivity index (χ3v) is 13.3. The highest BCUT2D eigenvalue weighted by Gasteiger charge is 2.36. The van der Waals surface area contributed by atoms with Gasteiger partial charge in [0.1, 0.15) is 0 Å². The summed E-state index contributed by atoms with van der Waals surface area (Å²) in [5, 5.41) is 12.6. The van der Waals surface area contributed by atoms with Gasteiger partial charge in [0.25, 0.3) is 0 Å². The maximum atomic E-state index is 12.6. The molecule has 0 aliphatic rings. The molecule has 1 N–H and O–H groups in total. The molecule has 0 aromatic carbocycles. The normalized spacial score (nSPS) is 13.9. The minimum atomic E-state index is -0.904. The second kappa shape index (κ2) is 54.1. The molecule has 0 rings (SSSR count). The van der Waals surface area contributed by atoms with E-state index in [4.69, 9.17) is 9.47 Å². The van der Waals surface area contributed by atoms with Crippen LogP contribution in [0.2, 0.25) is 0 Å². The minimum Gasteiger partial charge on any atom is -0.466 e. The summed E-state index contributed by atoms with van der Waals surface area (Å²) in [7, 11) is 3.96. The first kappa shape index (κ1) is 65.8. The van der Waals surface area contributed by atoms with E-state index in [0.717, 1.165) is 70.6 Å². The van der Waals surface area contributed by atoms with Crippen LogP contribution in [0.3, 0.4) is 0 Å². The molecule has 0 aromatic heterocycles. The number of hydrogen-bond donors (Lipinski definition) is 1. The standard InChI is InChI=1S/C63H115NO4/c1-6-9-12-15-18-21-24-27-30-33-36-39-42-45-48-51-56-63(66,57-52-49-46-43-40-37-34-31-28-25-22-19-16-13-10-7-2)61(55-60-68-62(65)54-58-64(4)5)67-59-53-50-47-44-41-38-35-32-29-26-23-20-17-14-11-8-3/h18-23,27-32,61,66H,6-17,24-26,33-60H2,1-5H3. The zero-order valence-corrected chi connectivity index (χ0v) is 46.0. The summed E-state index contributed by atoms with van der Waals surface area (Å²) < 4.78 is 12.4. The fourth-order valence-corrected chi connectivity index (χ4v) is 8.78. The number of hydrogen-bond acceptors (Lipinski definition) is 5. The zero-order valence-electron chi connectivity index (χ0n) is 46.0. The van der Waals surface area contributed by atoms with Gasteiger partial charge in [-0.2, -0.15) is 0 Å². The van der Waals surface area contributed by atoms with Crippen LogP contribution >= 0.6 is 0 Å². The number of carbonyl (C=O) groups is 1. The number of nitrogens with zero attached hydrogens (tertiary/aromatic N) is 1. The molecule has 0 aliphatic carbocycles. The Bertz CT molecular complexity index is 1170. The van der Waals surface area contributed by atoms with Crippen molar-refractivity contribution < 1.29 is 19.4 Å². The monoisotopic (exact) mass is 950 g/mol. The van der Waals surface area contributed by atoms with E-state index < -0.39 is 5.60 Å². The van der Waals surface area contributed by atoms with Crippen molar-refractivity contribution in [2.24, 2.45) is 0 Å². The number of aliphatic hydroxyl groups is 1. The quantitative estimate of drug-likeness (QED) is 0.0374. The summed E-state index contributed by atoms with van der Waals surface area (Å²) in [6.45, 7) is 8.42. The smallest absolute Gasteiger partial charge is 0.307 e. The van der Waals surface area contributed by atoms with Crippen molar-refractivity contribution in [2.75, 3.05) is 33.9 Å². The molecule has 1 atom stereocenters. The SMILES string of the molecule is CCCCCC=CCC=CCCCCCCCCOC(CCOC(=O)CCN(C)C)C(O)(CCCCCCCCC=CCC=CCCCCC)CCCCCCCCC=CCC=CCCCCC. The Morgan fingerprint density at radius 3 is 1.12 bits per heavy atom. The highest BCUT2D eigenvalue weighted by atomic mass is 16.5. The third-order valence-electron chi connectivity index (χ3n) is 13.3. The maximum absolute atomic E-state index is 12.6. The molecule has 396 valence electrons. The summed E-state index contributed by atoms with van der Waals surface area (Å²) in [5.74, 6) is -0.165. The van der Waals surface area contributed by atoms with Gasteiger partial charge in [0.2, 0.25) is 0 Å². The first-order chi connectivity index (χ1) is 33.4. The fourth-order valence-electron chi connectivity index (χ4n) is 8.78. The van der Waals surface area contributed by atoms with Crippen LogP contribution in [0, 0.1) is 0 Å². The van der Waals surface area contributed by atoms with Crippen molar-refractivity contribution in [1.82, 2.24) is 4.90 Å². The van der Waals surface area contributed by atoms with Gasteiger partial charge in [-0.05, 0) is 130 Å². The molecule has 0 bridgehead atoms. The van der Waals surface area contributed by atoms with Gasteiger partial charge in [0.15, 0.2) is 0 Å². The summed E-state index contributed by atoms with van der Waals surface area (Å²) >= 11 is 0. The first-order valence-electron chi connectivity index (χ1n) is 29.4. The van der Waals surface area contributed by atoms with Crippen LogP contribution in [0.4, 0.5) is 0 Å². The topological polar surface area (TPSA) is 59.0 Å². The number of unbranched alkanes of at least 4 members (excludes halogenated alkanes) is 27. The van der Waals surface area contributed by atoms with Crippen LogP contribution in [0.1, 0.15) is 278 Å². The fraction of sp³-hybridized carbons (Fsp3) is 0.794. The van der Waals surface area contributed by atoms with Crippen LogP contribution in [0.25, 0.3) is 0 Å². The predicted octanol–water partition coefficient (Wildman–Crippen LogP) is 19.2. The Hall–Kier alpha value is -2.21. The molecule has 0 heterocycles. The number of allylic oxidation sites excluding steroid dienone is 12. The maximum Gasteiger partial charge on any atom is 0.307 e. The average molecular weight is 951 g/mol. The van der Waals surface area contributed by atoms with E-state index in [9.17, 15) is 9.90 Å². The summed E-state index contributed by atoms with van der Waals surface area (Å²) in [4.78, 5) is 14.6. The van der Waals surface area contributed by atoms with Crippen molar-refractivity contribution >= 4 is 5.97 Å². The Labute approximate surface area is 424 Å². The lowest BCUT2D eigenvalue weighted by molar-refractivity contribution is -0.150. The van der Waals surface area contributed by atoms with Crippen molar-refractivity contribution in [3.63, 3.8) is 0 Å². The van der Waals surface area contributed by atoms with E-state index in [1.165, 1.54) is 173 Å². The van der Waals surface area contributed by atoms with E-state index >= 15 is 0 Å². The van der Waals surface area contributed by atoms with Gasteiger partial charge >= 0.3 is 5.97 Å². The molecule has 0 radical (unpaired) electrons. The summed E-state index contributed by atoms with van der Waals surface area (Å²) in [5.41, 5.74) is -0.904. The molecule has 0 saturated carbocycles. The van der Waals surface area contributed by atoms with Crippen molar-refractivity contribution in [1.29, 1.82) is 0 Å². The molecular weight excluding hydrogens is 835 g/mol. The van der Waals surface area contributed by atoms with Crippen LogP contribution in [-0.4, -0.2) is 61.5 Å². The second-order valence-corrected chi connectivity index (χ2v) is 20.3. The molecule has 0 aliphatic heterocycles. The van der Waals surface area contributed by atoms with Crippen LogP contribution in [0.5, 0.6) is 0 Å². The van der Waals surface area contributed by atoms with Gasteiger partial charge in [-0.3, -0.25) is 4.79 Å². The lowest BCUT2D eigenvalue weighted by atomic mass is 9.83. The number of carbonyl (C=O) groups excluding carboxylic acids is 1. The van der Waals surface area contributed by atoms with Gasteiger partial charge in [-0.25, -0.2) is 0 Å². The molecule has 5 heteroatoms. The molecule has 0 spiro atoms. The number of ether oxygens (including phenoxy) is 2. The Kier molecular flexibility index (Phi) is 52.4. The molecule has 0 aromatic rings. The van der Waals surface area contributed by atoms with Gasteiger partial charge in [-0.15, -0.1) is 0 Å². The van der Waals surface area contributed by atoms with E-state index in [-0.39, 0.29) is 12.1 Å². The lowest BCUT2D eigenvalue weighted by Gasteiger charge is -2.37. The highest BCUT2D eigenvalue weighted by Crippen LogP contribution is 2.31. The molecule has 68 heavy (non-hydrogen) atoms. The summed E-state index contributed by atoms with van der Waals surface area (Å²) in [6, 6.07) is 0. The molecular formula is C63H115NO4. The number of esters is 1. The van der Waals surface area contributed by atoms with Crippen molar-refractivity contribution in [2.45, 2.75) is 289 Å².